The third kappa shape index (κ3) is 6.98. The molecule has 0 radical (unpaired) electrons. The van der Waals surface area contributed by atoms with Crippen molar-refractivity contribution in [2.75, 3.05) is 0 Å². The van der Waals surface area contributed by atoms with E-state index < -0.39 is 0 Å². The maximum atomic E-state index is 6.47. The van der Waals surface area contributed by atoms with Crippen LogP contribution in [0.3, 0.4) is 0 Å². The number of hydrogen-bond acceptors (Lipinski definition) is 7. The summed E-state index contributed by atoms with van der Waals surface area (Å²) in [5, 5.41) is 1.86. The van der Waals surface area contributed by atoms with Gasteiger partial charge in [0.2, 0.25) is 5.95 Å². The molecule has 0 N–H and O–H groups in total. The van der Waals surface area contributed by atoms with Crippen molar-refractivity contribution in [3.05, 3.63) is 144 Å². The summed E-state index contributed by atoms with van der Waals surface area (Å²) in [4.78, 5) is 22.0. The molecular formula is C41H28N6O2PdPt. The van der Waals surface area contributed by atoms with Crippen molar-refractivity contribution in [2.24, 2.45) is 0 Å². The summed E-state index contributed by atoms with van der Waals surface area (Å²) in [5.74, 6) is 2.67. The fraction of sp³-hybridized carbons (Fsp3) is 0.0976. The van der Waals surface area contributed by atoms with E-state index in [0.29, 0.717) is 28.9 Å². The van der Waals surface area contributed by atoms with Gasteiger partial charge in [-0.05, 0) is 23.5 Å². The average Bonchev–Trinajstić information content (AvgIpc) is 3.45. The molecule has 8 aromatic rings. The van der Waals surface area contributed by atoms with Crippen LogP contribution in [0.2, 0.25) is 0 Å². The summed E-state index contributed by atoms with van der Waals surface area (Å²) in [6.07, 6.45) is 6.48. The molecular weight excluding hydrogens is 910 g/mol. The summed E-state index contributed by atoms with van der Waals surface area (Å²) in [7, 11) is 0. The normalized spacial score (nSPS) is 10.8. The van der Waals surface area contributed by atoms with E-state index in [4.69, 9.17) is 9.47 Å². The molecule has 0 saturated carbocycles. The molecule has 4 aromatic heterocycles. The van der Waals surface area contributed by atoms with Crippen LogP contribution in [-0.4, -0.2) is 29.5 Å². The van der Waals surface area contributed by atoms with Crippen molar-refractivity contribution in [2.45, 2.75) is 27.7 Å². The number of nitrogens with zero attached hydrogens (tertiary/aromatic N) is 6. The van der Waals surface area contributed by atoms with Crippen LogP contribution in [0.1, 0.15) is 22.3 Å². The van der Waals surface area contributed by atoms with Crippen LogP contribution in [0.4, 0.5) is 0 Å². The number of aromatic nitrogens is 6. The second kappa shape index (κ2) is 15.0. The standard InChI is InChI=1S/C41H28N6O2.Pd.Pt/c1-25-17-29(35-9-5-7-15-43-35)19-39(27(25)3)48-31-11-13-33-34-14-12-32(22-38(34)47(37(33)21-31)41-45-23-42-24-46-41)49-40-20-30(18-26(2)28(40)4)36-10-6-8-16-44-36;;/h5-18,23-24H,1-4H3;;/q-4;2*+2. The minimum atomic E-state index is 0. The first-order chi connectivity index (χ1) is 23.9. The molecule has 8 rings (SSSR count). The van der Waals surface area contributed by atoms with Crippen molar-refractivity contribution in [3.63, 3.8) is 0 Å². The first kappa shape index (κ1) is 35.8. The van der Waals surface area contributed by atoms with Gasteiger partial charge in [0.25, 0.3) is 0 Å². The van der Waals surface area contributed by atoms with Crippen molar-refractivity contribution in [3.8, 4) is 51.5 Å². The molecule has 0 spiro atoms. The van der Waals surface area contributed by atoms with Crippen LogP contribution in [0, 0.1) is 52.0 Å². The van der Waals surface area contributed by atoms with E-state index in [1.54, 1.807) is 12.4 Å². The summed E-state index contributed by atoms with van der Waals surface area (Å²) >= 11 is 0. The summed E-state index contributed by atoms with van der Waals surface area (Å²) in [5.41, 5.74) is 8.91. The molecule has 0 fully saturated rings. The van der Waals surface area contributed by atoms with Crippen LogP contribution in [-0.2, 0) is 41.5 Å². The third-order valence-electron chi connectivity index (χ3n) is 8.60. The topological polar surface area (TPSA) is 87.8 Å². The van der Waals surface area contributed by atoms with Gasteiger partial charge in [0.1, 0.15) is 12.7 Å². The Bertz CT molecular complexity index is 2340. The van der Waals surface area contributed by atoms with Gasteiger partial charge < -0.3 is 24.0 Å². The Morgan fingerprint density at radius 3 is 1.47 bits per heavy atom. The Morgan fingerprint density at radius 2 is 1.04 bits per heavy atom. The van der Waals surface area contributed by atoms with E-state index in [1.807, 2.05) is 79.1 Å². The van der Waals surface area contributed by atoms with E-state index in [2.05, 4.69) is 75.2 Å². The van der Waals surface area contributed by atoms with Gasteiger partial charge in [-0.15, -0.1) is 58.7 Å². The van der Waals surface area contributed by atoms with E-state index in [9.17, 15) is 0 Å². The molecule has 0 saturated heterocycles. The second-order valence-electron chi connectivity index (χ2n) is 11.7. The second-order valence-corrected chi connectivity index (χ2v) is 11.7. The molecule has 51 heavy (non-hydrogen) atoms. The van der Waals surface area contributed by atoms with Crippen LogP contribution in [0.15, 0.2) is 97.8 Å². The number of ether oxygens (including phenoxy) is 2. The van der Waals surface area contributed by atoms with Crippen molar-refractivity contribution < 1.29 is 51.0 Å². The zero-order valence-electron chi connectivity index (χ0n) is 27.9. The number of hydrogen-bond donors (Lipinski definition) is 0. The fourth-order valence-electron chi connectivity index (χ4n) is 5.75. The van der Waals surface area contributed by atoms with Gasteiger partial charge in [-0.3, -0.25) is 0 Å². The molecule has 0 aliphatic heterocycles. The molecule has 4 heterocycles. The SMILES string of the molecule is Cc1cc(-c2ccccn2)[c-]c(Oc2[c-]c3c(cc2)c2ccc(Oc4[c-]c(-c5ccccn5)cc(C)c4C)[c-]c2n3-c2ncncn2)c1C.[Pd+2].[Pt+2]. The predicted molar refractivity (Wildman–Crippen MR) is 188 cm³/mol. The van der Waals surface area contributed by atoms with Gasteiger partial charge >= 0.3 is 41.5 Å². The van der Waals surface area contributed by atoms with E-state index >= 15 is 0 Å². The van der Waals surface area contributed by atoms with E-state index in [0.717, 1.165) is 66.6 Å². The fourth-order valence-corrected chi connectivity index (χ4v) is 5.75. The maximum Gasteiger partial charge on any atom is 2.00 e. The molecule has 0 atom stereocenters. The Labute approximate surface area is 323 Å². The average molecular weight is 938 g/mol. The molecule has 0 amide bonds. The Balaban J connectivity index is 0.00000224. The summed E-state index contributed by atoms with van der Waals surface area (Å²) in [6.45, 7) is 8.15. The third-order valence-corrected chi connectivity index (χ3v) is 8.60. The van der Waals surface area contributed by atoms with Crippen molar-refractivity contribution >= 4 is 21.8 Å². The molecule has 10 heteroatoms. The molecule has 0 aliphatic rings. The number of rotatable bonds is 7. The van der Waals surface area contributed by atoms with Crippen LogP contribution in [0.25, 0.3) is 50.3 Å². The molecule has 4 aromatic carbocycles. The van der Waals surface area contributed by atoms with Crippen LogP contribution < -0.4 is 9.47 Å². The van der Waals surface area contributed by atoms with E-state index in [1.165, 1.54) is 12.7 Å². The van der Waals surface area contributed by atoms with Crippen LogP contribution in [0.5, 0.6) is 23.0 Å². The number of aryl methyl sites for hydroxylation is 2. The monoisotopic (exact) mass is 937 g/mol. The van der Waals surface area contributed by atoms with Gasteiger partial charge in [-0.2, -0.15) is 22.9 Å². The summed E-state index contributed by atoms with van der Waals surface area (Å²) in [6, 6.07) is 37.4. The van der Waals surface area contributed by atoms with Crippen molar-refractivity contribution in [1.29, 1.82) is 0 Å². The molecule has 8 nitrogen and oxygen atoms in total. The van der Waals surface area contributed by atoms with Gasteiger partial charge in [0.15, 0.2) is 0 Å². The molecule has 254 valence electrons. The quantitative estimate of drug-likeness (QED) is 0.117. The van der Waals surface area contributed by atoms with Gasteiger partial charge in [-0.1, -0.05) is 86.3 Å². The van der Waals surface area contributed by atoms with Gasteiger partial charge in [0, 0.05) is 35.4 Å². The zero-order valence-corrected chi connectivity index (χ0v) is 31.7. The van der Waals surface area contributed by atoms with Crippen LogP contribution >= 0.6 is 0 Å². The Morgan fingerprint density at radius 1 is 0.569 bits per heavy atom. The minimum absolute atomic E-state index is 0. The first-order valence-electron chi connectivity index (χ1n) is 15.7. The first-order valence-corrected chi connectivity index (χ1v) is 15.7. The Kier molecular flexibility index (Phi) is 10.5. The number of fused-ring (bicyclic) bond motifs is 3. The Hall–Kier alpha value is -5.06. The molecule has 0 bridgehead atoms. The molecule has 0 unspecified atom stereocenters. The number of pyridine rings is 2. The zero-order chi connectivity index (χ0) is 33.5. The van der Waals surface area contributed by atoms with Crippen molar-refractivity contribution in [1.82, 2.24) is 29.5 Å². The number of benzene rings is 4. The summed E-state index contributed by atoms with van der Waals surface area (Å²) < 4.78 is 14.8. The largest absolute Gasteiger partial charge is 2.00 e. The van der Waals surface area contributed by atoms with Gasteiger partial charge in [-0.25, -0.2) is 15.0 Å². The predicted octanol–water partition coefficient (Wildman–Crippen LogP) is 9.11. The smallest absolute Gasteiger partial charge is 0.503 e. The van der Waals surface area contributed by atoms with E-state index in [-0.39, 0.29) is 41.5 Å². The maximum absolute atomic E-state index is 6.47. The molecule has 0 aliphatic carbocycles. The van der Waals surface area contributed by atoms with Gasteiger partial charge in [0.05, 0.1) is 0 Å². The minimum Gasteiger partial charge on any atom is -0.503 e.